The summed E-state index contributed by atoms with van der Waals surface area (Å²) in [7, 11) is 1.37. The number of nitrogens with zero attached hydrogens (tertiary/aromatic N) is 3. The number of benzene rings is 2. The Morgan fingerprint density at radius 1 is 1.11 bits per heavy atom. The smallest absolute Gasteiger partial charge is 0.337 e. The second kappa shape index (κ2) is 8.43. The van der Waals surface area contributed by atoms with Gasteiger partial charge in [-0.1, -0.05) is 12.1 Å². The maximum absolute atomic E-state index is 11.5. The molecule has 7 heteroatoms. The summed E-state index contributed by atoms with van der Waals surface area (Å²) in [6, 6.07) is 15.4. The summed E-state index contributed by atoms with van der Waals surface area (Å²) >= 11 is 0. The van der Waals surface area contributed by atoms with Gasteiger partial charge in [-0.05, 0) is 42.8 Å². The average molecular weight is 432 g/mol. The Morgan fingerprint density at radius 2 is 1.85 bits per heavy atom. The molecule has 0 spiro atoms. The van der Waals surface area contributed by atoms with Crippen LogP contribution in [0.25, 0.3) is 0 Å². The number of carbonyl (C=O) groups is 1. The Morgan fingerprint density at radius 3 is 2.59 bits per heavy atom. The topological polar surface area (TPSA) is 54.4 Å². The largest absolute Gasteiger partial charge is 0.492 e. The Labute approximate surface area is 169 Å². The Hall–Kier alpha value is -2.54. The first-order chi connectivity index (χ1) is 12.8. The first-order valence-corrected chi connectivity index (χ1v) is 8.77. The standard InChI is InChI=1S/C20H21N3O3.BrH/c1-25-19(24)15-7-9-16(10-8-15)26-14-13-23-18-6-3-2-5-17(18)22-12-4-11-21-20(22)23;/h2-3,5-10H,4,11-14H2,1H3;1H. The monoisotopic (exact) mass is 431 g/mol. The summed E-state index contributed by atoms with van der Waals surface area (Å²) in [6.07, 6.45) is 1.08. The summed E-state index contributed by atoms with van der Waals surface area (Å²) in [5, 5.41) is 0. The van der Waals surface area contributed by atoms with Crippen LogP contribution >= 0.6 is 17.0 Å². The van der Waals surface area contributed by atoms with Gasteiger partial charge in [0.2, 0.25) is 5.96 Å². The average Bonchev–Trinajstić information content (AvgIpc) is 3.02. The lowest BCUT2D eigenvalue weighted by Gasteiger charge is -2.26. The van der Waals surface area contributed by atoms with Gasteiger partial charge in [-0.2, -0.15) is 0 Å². The molecule has 0 aromatic heterocycles. The van der Waals surface area contributed by atoms with Crippen molar-refractivity contribution in [3.05, 3.63) is 54.1 Å². The predicted molar refractivity (Wildman–Crippen MR) is 112 cm³/mol. The highest BCUT2D eigenvalue weighted by Gasteiger charge is 2.33. The van der Waals surface area contributed by atoms with Gasteiger partial charge >= 0.3 is 5.97 Å². The lowest BCUT2D eigenvalue weighted by Crippen LogP contribution is -2.43. The zero-order valence-corrected chi connectivity index (χ0v) is 16.8. The highest BCUT2D eigenvalue weighted by atomic mass is 79.9. The third-order valence-corrected chi connectivity index (χ3v) is 4.60. The molecule has 4 rings (SSSR count). The number of carbonyl (C=O) groups excluding carboxylic acids is 1. The van der Waals surface area contributed by atoms with Gasteiger partial charge in [-0.25, -0.2) is 4.79 Å². The number of esters is 1. The molecule has 0 atom stereocenters. The molecule has 0 aliphatic carbocycles. The molecule has 0 radical (unpaired) electrons. The van der Waals surface area contributed by atoms with E-state index >= 15 is 0 Å². The van der Waals surface area contributed by atoms with Crippen LogP contribution in [0.1, 0.15) is 16.8 Å². The molecule has 0 fully saturated rings. The van der Waals surface area contributed by atoms with Crippen LogP contribution in [0.4, 0.5) is 11.4 Å². The highest BCUT2D eigenvalue weighted by molar-refractivity contribution is 8.93. The van der Waals surface area contributed by atoms with E-state index in [-0.39, 0.29) is 23.0 Å². The van der Waals surface area contributed by atoms with Crippen molar-refractivity contribution in [2.45, 2.75) is 6.42 Å². The molecule has 2 aromatic carbocycles. The molecule has 0 bridgehead atoms. The van der Waals surface area contributed by atoms with E-state index in [2.05, 4.69) is 34.1 Å². The summed E-state index contributed by atoms with van der Waals surface area (Å²) in [6.45, 7) is 3.11. The van der Waals surface area contributed by atoms with Crippen LogP contribution in [0.15, 0.2) is 53.5 Å². The molecule has 2 aromatic rings. The lowest BCUT2D eigenvalue weighted by atomic mass is 10.2. The number of guanidine groups is 1. The number of fused-ring (bicyclic) bond motifs is 3. The van der Waals surface area contributed by atoms with Crippen LogP contribution in [-0.2, 0) is 4.74 Å². The molecular weight excluding hydrogens is 410 g/mol. The number of ether oxygens (including phenoxy) is 2. The number of hydrogen-bond acceptors (Lipinski definition) is 6. The molecule has 0 saturated heterocycles. The number of para-hydroxylation sites is 2. The van der Waals surface area contributed by atoms with Crippen molar-refractivity contribution >= 4 is 40.3 Å². The Bertz CT molecular complexity index is 839. The number of anilines is 2. The Balaban J connectivity index is 0.00000210. The molecule has 27 heavy (non-hydrogen) atoms. The van der Waals surface area contributed by atoms with E-state index in [4.69, 9.17) is 14.5 Å². The molecule has 0 unspecified atom stereocenters. The van der Waals surface area contributed by atoms with Crippen molar-refractivity contribution in [1.29, 1.82) is 0 Å². The molecule has 0 amide bonds. The number of hydrogen-bond donors (Lipinski definition) is 0. The van der Waals surface area contributed by atoms with Gasteiger partial charge in [0.1, 0.15) is 12.4 Å². The Kier molecular flexibility index (Phi) is 6.01. The van der Waals surface area contributed by atoms with E-state index in [1.54, 1.807) is 24.3 Å². The number of halogens is 1. The molecule has 2 aliphatic heterocycles. The van der Waals surface area contributed by atoms with Gasteiger partial charge < -0.3 is 19.3 Å². The predicted octanol–water partition coefficient (Wildman–Crippen LogP) is 3.52. The fourth-order valence-electron chi connectivity index (χ4n) is 3.36. The van der Waals surface area contributed by atoms with Gasteiger partial charge in [0.05, 0.1) is 30.6 Å². The fourth-order valence-corrected chi connectivity index (χ4v) is 3.36. The minimum atomic E-state index is -0.347. The third-order valence-electron chi connectivity index (χ3n) is 4.60. The minimum absolute atomic E-state index is 0. The van der Waals surface area contributed by atoms with Crippen molar-refractivity contribution in [2.75, 3.05) is 43.2 Å². The molecule has 0 N–H and O–H groups in total. The van der Waals surface area contributed by atoms with Crippen molar-refractivity contribution in [1.82, 2.24) is 0 Å². The number of methoxy groups -OCH3 is 1. The van der Waals surface area contributed by atoms with Gasteiger partial charge in [-0.3, -0.25) is 4.99 Å². The van der Waals surface area contributed by atoms with E-state index in [0.717, 1.165) is 31.2 Å². The first-order valence-electron chi connectivity index (χ1n) is 8.77. The van der Waals surface area contributed by atoms with Gasteiger partial charge in [0, 0.05) is 13.1 Å². The van der Waals surface area contributed by atoms with Gasteiger partial charge in [-0.15, -0.1) is 17.0 Å². The SMILES string of the molecule is Br.COC(=O)c1ccc(OCCN2C3=NCCCN3c3ccccc32)cc1. The van der Waals surface area contributed by atoms with Crippen LogP contribution in [-0.4, -0.2) is 45.3 Å². The maximum Gasteiger partial charge on any atom is 0.337 e. The lowest BCUT2D eigenvalue weighted by molar-refractivity contribution is 0.0600. The second-order valence-electron chi connectivity index (χ2n) is 6.19. The van der Waals surface area contributed by atoms with Crippen molar-refractivity contribution < 1.29 is 14.3 Å². The number of aliphatic imine (C=N–C) groups is 1. The van der Waals surface area contributed by atoms with Crippen molar-refractivity contribution in [2.24, 2.45) is 4.99 Å². The summed E-state index contributed by atoms with van der Waals surface area (Å²) < 4.78 is 10.6. The molecule has 2 aliphatic rings. The zero-order valence-electron chi connectivity index (χ0n) is 15.1. The first kappa shape index (κ1) is 19.2. The van der Waals surface area contributed by atoms with Gasteiger partial charge in [0.25, 0.3) is 0 Å². The second-order valence-corrected chi connectivity index (χ2v) is 6.19. The number of rotatable bonds is 5. The van der Waals surface area contributed by atoms with Crippen LogP contribution in [0, 0.1) is 0 Å². The van der Waals surface area contributed by atoms with E-state index in [0.29, 0.717) is 18.7 Å². The third kappa shape index (κ3) is 3.78. The summed E-state index contributed by atoms with van der Waals surface area (Å²) in [5.41, 5.74) is 2.91. The van der Waals surface area contributed by atoms with Crippen LogP contribution in [0.3, 0.4) is 0 Å². The summed E-state index contributed by atoms with van der Waals surface area (Å²) in [5.74, 6) is 1.40. The molecule has 142 valence electrons. The molecule has 2 heterocycles. The normalized spacial score (nSPS) is 14.6. The van der Waals surface area contributed by atoms with E-state index in [9.17, 15) is 4.79 Å². The van der Waals surface area contributed by atoms with Crippen LogP contribution < -0.4 is 14.5 Å². The van der Waals surface area contributed by atoms with E-state index < -0.39 is 0 Å². The quantitative estimate of drug-likeness (QED) is 0.677. The van der Waals surface area contributed by atoms with Crippen molar-refractivity contribution in [3.8, 4) is 5.75 Å². The zero-order chi connectivity index (χ0) is 17.9. The van der Waals surface area contributed by atoms with E-state index in [1.807, 2.05) is 0 Å². The van der Waals surface area contributed by atoms with E-state index in [1.165, 1.54) is 18.5 Å². The van der Waals surface area contributed by atoms with Crippen LogP contribution in [0.5, 0.6) is 5.75 Å². The van der Waals surface area contributed by atoms with Crippen molar-refractivity contribution in [3.63, 3.8) is 0 Å². The fraction of sp³-hybridized carbons (Fsp3) is 0.300. The molecule has 0 saturated carbocycles. The van der Waals surface area contributed by atoms with Crippen LogP contribution in [0.2, 0.25) is 0 Å². The maximum atomic E-state index is 11.5. The minimum Gasteiger partial charge on any atom is -0.492 e. The molecular formula is C20H22BrN3O3. The highest BCUT2D eigenvalue weighted by Crippen LogP contribution is 2.37. The van der Waals surface area contributed by atoms with Gasteiger partial charge in [0.15, 0.2) is 0 Å². The molecule has 6 nitrogen and oxygen atoms in total. The summed E-state index contributed by atoms with van der Waals surface area (Å²) in [4.78, 5) is 20.7.